The number of alkyl halides is 3. The molecule has 1 N–H and O–H groups in total. The largest absolute Gasteiger partial charge is 0.467 e. The molecule has 0 aromatic heterocycles. The fourth-order valence-corrected chi connectivity index (χ4v) is 1.98. The van der Waals surface area contributed by atoms with Gasteiger partial charge >= 0.3 is 12.1 Å². The van der Waals surface area contributed by atoms with E-state index in [-0.39, 0.29) is 0 Å². The molecular weight excluding hydrogens is 247 g/mol. The summed E-state index contributed by atoms with van der Waals surface area (Å²) < 4.78 is 42.3. The molecule has 1 atom stereocenters. The Labute approximate surface area is 102 Å². The van der Waals surface area contributed by atoms with Gasteiger partial charge in [0.2, 0.25) is 0 Å². The molecule has 0 fully saturated rings. The van der Waals surface area contributed by atoms with Crippen molar-refractivity contribution in [3.05, 3.63) is 29.3 Å². The summed E-state index contributed by atoms with van der Waals surface area (Å²) in [6, 6.07) is 2.95. The van der Waals surface area contributed by atoms with E-state index in [9.17, 15) is 18.0 Å². The lowest BCUT2D eigenvalue weighted by atomic mass is 9.96. The Kier molecular flexibility index (Phi) is 3.19. The van der Waals surface area contributed by atoms with Crippen LogP contribution in [0, 0.1) is 0 Å². The van der Waals surface area contributed by atoms with Crippen LogP contribution in [0.25, 0.3) is 0 Å². The second-order valence-electron chi connectivity index (χ2n) is 4.13. The molecule has 1 heterocycles. The molecule has 0 spiro atoms. The minimum absolute atomic E-state index is 0.353. The number of carbonyl (C=O) groups is 1. The Morgan fingerprint density at radius 2 is 2.17 bits per heavy atom. The second-order valence-corrected chi connectivity index (χ2v) is 4.13. The minimum Gasteiger partial charge on any atom is -0.467 e. The van der Waals surface area contributed by atoms with E-state index in [4.69, 9.17) is 0 Å². The van der Waals surface area contributed by atoms with Gasteiger partial charge in [-0.3, -0.25) is 0 Å². The maximum Gasteiger partial charge on any atom is 0.416 e. The summed E-state index contributed by atoms with van der Waals surface area (Å²) in [6.07, 6.45) is -3.31. The first-order valence-corrected chi connectivity index (χ1v) is 5.46. The van der Waals surface area contributed by atoms with E-state index < -0.39 is 23.8 Å². The van der Waals surface area contributed by atoms with Gasteiger partial charge in [0.1, 0.15) is 6.04 Å². The minimum atomic E-state index is -4.38. The van der Waals surface area contributed by atoms with Crippen LogP contribution in [0.4, 0.5) is 18.9 Å². The number of fused-ring (bicyclic) bond motifs is 1. The van der Waals surface area contributed by atoms with E-state index >= 15 is 0 Å². The van der Waals surface area contributed by atoms with Crippen molar-refractivity contribution in [2.45, 2.75) is 25.1 Å². The molecule has 6 heteroatoms. The van der Waals surface area contributed by atoms with Crippen LogP contribution < -0.4 is 5.32 Å². The maximum atomic E-state index is 12.6. The fraction of sp³-hybridized carbons (Fsp3) is 0.417. The number of rotatable bonds is 1. The van der Waals surface area contributed by atoms with E-state index in [0.717, 1.165) is 17.7 Å². The number of hydrogen-bond donors (Lipinski definition) is 1. The molecule has 2 rings (SSSR count). The standard InChI is InChI=1S/C12H12F3NO2/c1-18-11(17)9-5-3-7-2-4-8(12(13,14)15)6-10(7)16-9/h2,4,6,9,16H,3,5H2,1H3. The average Bonchev–Trinajstić information content (AvgIpc) is 2.35. The van der Waals surface area contributed by atoms with Crippen molar-refractivity contribution in [3.63, 3.8) is 0 Å². The first-order chi connectivity index (χ1) is 8.41. The molecule has 0 radical (unpaired) electrons. The van der Waals surface area contributed by atoms with Crippen molar-refractivity contribution in [1.29, 1.82) is 0 Å². The SMILES string of the molecule is COC(=O)C1CCc2ccc(C(F)(F)F)cc2N1. The van der Waals surface area contributed by atoms with Gasteiger partial charge < -0.3 is 10.1 Å². The number of benzene rings is 1. The normalized spacial score (nSPS) is 18.8. The first-order valence-electron chi connectivity index (χ1n) is 5.46. The van der Waals surface area contributed by atoms with Gasteiger partial charge in [0, 0.05) is 5.69 Å². The lowest BCUT2D eigenvalue weighted by Crippen LogP contribution is -2.34. The van der Waals surface area contributed by atoms with Crippen LogP contribution in [0.2, 0.25) is 0 Å². The van der Waals surface area contributed by atoms with Gasteiger partial charge in [-0.05, 0) is 30.5 Å². The van der Waals surface area contributed by atoms with Crippen molar-refractivity contribution in [2.75, 3.05) is 12.4 Å². The smallest absolute Gasteiger partial charge is 0.416 e. The van der Waals surface area contributed by atoms with Crippen LogP contribution >= 0.6 is 0 Å². The zero-order valence-corrected chi connectivity index (χ0v) is 9.67. The van der Waals surface area contributed by atoms with Crippen LogP contribution in [0.1, 0.15) is 17.5 Å². The van der Waals surface area contributed by atoms with Crippen molar-refractivity contribution in [2.24, 2.45) is 0 Å². The Bertz CT molecular complexity index is 471. The molecule has 0 saturated carbocycles. The lowest BCUT2D eigenvalue weighted by molar-refractivity contribution is -0.141. The predicted octanol–water partition coefficient (Wildman–Crippen LogP) is 2.61. The van der Waals surface area contributed by atoms with Gasteiger partial charge in [-0.1, -0.05) is 6.07 Å². The van der Waals surface area contributed by atoms with Crippen LogP contribution in [-0.4, -0.2) is 19.1 Å². The van der Waals surface area contributed by atoms with Crippen LogP contribution in [-0.2, 0) is 22.1 Å². The highest BCUT2D eigenvalue weighted by atomic mass is 19.4. The number of carbonyl (C=O) groups excluding carboxylic acids is 1. The van der Waals surface area contributed by atoms with Gasteiger partial charge in [0.05, 0.1) is 12.7 Å². The van der Waals surface area contributed by atoms with Crippen molar-refractivity contribution in [1.82, 2.24) is 0 Å². The van der Waals surface area contributed by atoms with Crippen molar-refractivity contribution < 1.29 is 22.7 Å². The Balaban J connectivity index is 2.27. The van der Waals surface area contributed by atoms with Gasteiger partial charge in [0.15, 0.2) is 0 Å². The predicted molar refractivity (Wildman–Crippen MR) is 59.2 cm³/mol. The molecule has 0 amide bonds. The summed E-state index contributed by atoms with van der Waals surface area (Å²) in [5.74, 6) is -0.460. The molecule has 1 aliphatic heterocycles. The first kappa shape index (κ1) is 12.7. The molecule has 0 bridgehead atoms. The van der Waals surface area contributed by atoms with E-state index in [1.54, 1.807) is 0 Å². The van der Waals surface area contributed by atoms with E-state index in [1.807, 2.05) is 0 Å². The molecule has 1 aliphatic rings. The highest BCUT2D eigenvalue weighted by Crippen LogP contribution is 2.34. The Morgan fingerprint density at radius 1 is 1.44 bits per heavy atom. The average molecular weight is 259 g/mol. The summed E-state index contributed by atoms with van der Waals surface area (Å²) in [5.41, 5.74) is 0.411. The molecule has 0 saturated heterocycles. The molecular formula is C12H12F3NO2. The topological polar surface area (TPSA) is 38.3 Å². The number of methoxy groups -OCH3 is 1. The van der Waals surface area contributed by atoms with Crippen molar-refractivity contribution >= 4 is 11.7 Å². The van der Waals surface area contributed by atoms with Crippen LogP contribution in [0.3, 0.4) is 0 Å². The maximum absolute atomic E-state index is 12.6. The fourth-order valence-electron chi connectivity index (χ4n) is 1.98. The number of nitrogens with one attached hydrogen (secondary N) is 1. The van der Waals surface area contributed by atoms with Gasteiger partial charge in [-0.15, -0.1) is 0 Å². The van der Waals surface area contributed by atoms with E-state index in [1.165, 1.54) is 13.2 Å². The molecule has 1 aromatic carbocycles. The number of halogens is 3. The molecule has 3 nitrogen and oxygen atoms in total. The van der Waals surface area contributed by atoms with E-state index in [0.29, 0.717) is 18.5 Å². The zero-order chi connectivity index (χ0) is 13.3. The summed E-state index contributed by atoms with van der Waals surface area (Å²) in [7, 11) is 1.26. The molecule has 98 valence electrons. The third kappa shape index (κ3) is 2.42. The molecule has 1 aromatic rings. The second kappa shape index (κ2) is 4.51. The van der Waals surface area contributed by atoms with Crippen LogP contribution in [0.15, 0.2) is 18.2 Å². The van der Waals surface area contributed by atoms with Crippen molar-refractivity contribution in [3.8, 4) is 0 Å². The Morgan fingerprint density at radius 3 is 2.78 bits per heavy atom. The van der Waals surface area contributed by atoms with Gasteiger partial charge in [-0.2, -0.15) is 13.2 Å². The number of ether oxygens (including phenoxy) is 1. The number of anilines is 1. The van der Waals surface area contributed by atoms with Gasteiger partial charge in [-0.25, -0.2) is 4.79 Å². The van der Waals surface area contributed by atoms with Gasteiger partial charge in [0.25, 0.3) is 0 Å². The Hall–Kier alpha value is -1.72. The summed E-state index contributed by atoms with van der Waals surface area (Å²) in [5, 5.41) is 2.79. The summed E-state index contributed by atoms with van der Waals surface area (Å²) in [6.45, 7) is 0. The molecule has 18 heavy (non-hydrogen) atoms. The summed E-state index contributed by atoms with van der Waals surface area (Å²) >= 11 is 0. The quantitative estimate of drug-likeness (QED) is 0.788. The lowest BCUT2D eigenvalue weighted by Gasteiger charge is -2.25. The molecule has 1 unspecified atom stereocenters. The monoisotopic (exact) mass is 259 g/mol. The van der Waals surface area contributed by atoms with Crippen LogP contribution in [0.5, 0.6) is 0 Å². The highest BCUT2D eigenvalue weighted by molar-refractivity contribution is 5.80. The third-order valence-corrected chi connectivity index (χ3v) is 2.95. The number of aryl methyl sites for hydroxylation is 1. The zero-order valence-electron chi connectivity index (χ0n) is 9.67. The third-order valence-electron chi connectivity index (χ3n) is 2.95. The summed E-state index contributed by atoms with van der Waals surface area (Å²) in [4.78, 5) is 11.4. The molecule has 0 aliphatic carbocycles. The number of hydrogen-bond acceptors (Lipinski definition) is 3. The highest BCUT2D eigenvalue weighted by Gasteiger charge is 2.32. The van der Waals surface area contributed by atoms with E-state index in [2.05, 4.69) is 10.1 Å². The number of esters is 1.